The SMILES string of the molecule is COc1cccc(NC(=O)CN(C)C(=O)CCn2c(-c3cccc(C)c3)n[nH]c2=S)c1. The lowest BCUT2D eigenvalue weighted by molar-refractivity contribution is -0.133. The summed E-state index contributed by atoms with van der Waals surface area (Å²) in [7, 11) is 3.16. The quantitative estimate of drug-likeness (QED) is 0.525. The first-order valence-corrected chi connectivity index (χ1v) is 10.2. The van der Waals surface area contributed by atoms with Gasteiger partial charge in [0.2, 0.25) is 11.8 Å². The maximum Gasteiger partial charge on any atom is 0.243 e. The molecule has 0 radical (unpaired) electrons. The normalized spacial score (nSPS) is 10.5. The summed E-state index contributed by atoms with van der Waals surface area (Å²) in [6.45, 7) is 2.31. The molecule has 0 saturated carbocycles. The van der Waals surface area contributed by atoms with Crippen molar-refractivity contribution in [3.05, 3.63) is 58.9 Å². The molecule has 0 aliphatic rings. The van der Waals surface area contributed by atoms with Crippen molar-refractivity contribution in [3.63, 3.8) is 0 Å². The number of anilines is 1. The van der Waals surface area contributed by atoms with Gasteiger partial charge in [-0.2, -0.15) is 5.10 Å². The van der Waals surface area contributed by atoms with Crippen LogP contribution in [0.3, 0.4) is 0 Å². The topological polar surface area (TPSA) is 92.2 Å². The molecule has 0 atom stereocenters. The standard InChI is InChI=1S/C22H25N5O3S/c1-15-6-4-7-16(12-15)21-24-25-22(31)27(21)11-10-20(29)26(2)14-19(28)23-17-8-5-9-18(13-17)30-3/h4-9,12-13H,10-11,14H2,1-3H3,(H,23,28)(H,25,31). The zero-order valence-corrected chi connectivity index (χ0v) is 18.5. The minimum absolute atomic E-state index is 0.0580. The molecule has 1 heterocycles. The van der Waals surface area contributed by atoms with E-state index in [0.29, 0.717) is 28.6 Å². The van der Waals surface area contributed by atoms with Crippen LogP contribution in [0.1, 0.15) is 12.0 Å². The molecular weight excluding hydrogens is 414 g/mol. The first-order chi connectivity index (χ1) is 14.9. The molecule has 0 saturated heterocycles. The van der Waals surface area contributed by atoms with Crippen molar-refractivity contribution in [3.8, 4) is 17.1 Å². The van der Waals surface area contributed by atoms with Crippen LogP contribution >= 0.6 is 12.2 Å². The molecule has 0 aliphatic carbocycles. The van der Waals surface area contributed by atoms with Gasteiger partial charge in [0.05, 0.1) is 13.7 Å². The monoisotopic (exact) mass is 439 g/mol. The maximum absolute atomic E-state index is 12.6. The number of aromatic amines is 1. The summed E-state index contributed by atoms with van der Waals surface area (Å²) < 4.78 is 7.39. The van der Waals surface area contributed by atoms with Crippen LogP contribution in [0.4, 0.5) is 5.69 Å². The predicted octanol–water partition coefficient (Wildman–Crippen LogP) is 3.41. The van der Waals surface area contributed by atoms with E-state index in [2.05, 4.69) is 15.5 Å². The molecular formula is C22H25N5O3S. The smallest absolute Gasteiger partial charge is 0.243 e. The first-order valence-electron chi connectivity index (χ1n) is 9.77. The lowest BCUT2D eigenvalue weighted by atomic mass is 10.1. The maximum atomic E-state index is 12.6. The summed E-state index contributed by atoms with van der Waals surface area (Å²) in [5, 5.41) is 9.87. The summed E-state index contributed by atoms with van der Waals surface area (Å²) in [5.41, 5.74) is 2.64. The van der Waals surface area contributed by atoms with Crippen LogP contribution in [-0.4, -0.2) is 52.2 Å². The van der Waals surface area contributed by atoms with Gasteiger partial charge in [0.25, 0.3) is 0 Å². The Hall–Kier alpha value is -3.46. The number of aromatic nitrogens is 3. The Bertz CT molecular complexity index is 1140. The zero-order chi connectivity index (χ0) is 22.4. The Labute approximate surface area is 185 Å². The number of H-pyrrole nitrogens is 1. The number of hydrogen-bond donors (Lipinski definition) is 2. The molecule has 2 amide bonds. The molecule has 0 unspecified atom stereocenters. The molecule has 9 heteroatoms. The summed E-state index contributed by atoms with van der Waals surface area (Å²) in [4.78, 5) is 26.3. The van der Waals surface area contributed by atoms with Crippen molar-refractivity contribution in [2.45, 2.75) is 19.9 Å². The number of nitrogens with one attached hydrogen (secondary N) is 2. The highest BCUT2D eigenvalue weighted by Crippen LogP contribution is 2.19. The van der Waals surface area contributed by atoms with E-state index in [1.54, 1.807) is 43.0 Å². The fourth-order valence-electron chi connectivity index (χ4n) is 3.13. The number of rotatable bonds is 8. The number of methoxy groups -OCH3 is 1. The van der Waals surface area contributed by atoms with Crippen LogP contribution < -0.4 is 10.1 Å². The van der Waals surface area contributed by atoms with Gasteiger partial charge >= 0.3 is 0 Å². The van der Waals surface area contributed by atoms with Crippen molar-refractivity contribution in [2.24, 2.45) is 0 Å². The van der Waals surface area contributed by atoms with Crippen LogP contribution in [0.25, 0.3) is 11.4 Å². The molecule has 2 N–H and O–H groups in total. The van der Waals surface area contributed by atoms with Gasteiger partial charge in [-0.15, -0.1) is 0 Å². The number of carbonyl (C=O) groups excluding carboxylic acids is 2. The molecule has 0 spiro atoms. The van der Waals surface area contributed by atoms with Crippen molar-refractivity contribution in [1.82, 2.24) is 19.7 Å². The van der Waals surface area contributed by atoms with E-state index in [1.165, 1.54) is 4.90 Å². The Kier molecular flexibility index (Phi) is 7.19. The van der Waals surface area contributed by atoms with Gasteiger partial charge in [0.1, 0.15) is 5.75 Å². The molecule has 8 nitrogen and oxygen atoms in total. The second kappa shape index (κ2) is 10.0. The van der Waals surface area contributed by atoms with Crippen molar-refractivity contribution < 1.29 is 14.3 Å². The third kappa shape index (κ3) is 5.79. The first kappa shape index (κ1) is 22.2. The minimum Gasteiger partial charge on any atom is -0.497 e. The summed E-state index contributed by atoms with van der Waals surface area (Å²) in [6, 6.07) is 15.0. The molecule has 3 rings (SSSR count). The summed E-state index contributed by atoms with van der Waals surface area (Å²) in [6.07, 6.45) is 0.190. The second-order valence-corrected chi connectivity index (χ2v) is 7.54. The molecule has 2 aromatic carbocycles. The number of nitrogens with zero attached hydrogens (tertiary/aromatic N) is 3. The van der Waals surface area contributed by atoms with Gasteiger partial charge in [0, 0.05) is 37.3 Å². The van der Waals surface area contributed by atoms with E-state index in [4.69, 9.17) is 17.0 Å². The summed E-state index contributed by atoms with van der Waals surface area (Å²) in [5.74, 6) is 0.868. The zero-order valence-electron chi connectivity index (χ0n) is 17.7. The lowest BCUT2D eigenvalue weighted by Gasteiger charge is -2.17. The van der Waals surface area contributed by atoms with Crippen LogP contribution in [-0.2, 0) is 16.1 Å². The molecule has 0 fully saturated rings. The summed E-state index contributed by atoms with van der Waals surface area (Å²) >= 11 is 5.33. The highest BCUT2D eigenvalue weighted by molar-refractivity contribution is 7.71. The van der Waals surface area contributed by atoms with Crippen LogP contribution in [0.5, 0.6) is 5.75 Å². The second-order valence-electron chi connectivity index (χ2n) is 7.15. The lowest BCUT2D eigenvalue weighted by Crippen LogP contribution is -2.35. The number of benzene rings is 2. The highest BCUT2D eigenvalue weighted by Gasteiger charge is 2.16. The fourth-order valence-corrected chi connectivity index (χ4v) is 3.36. The van der Waals surface area contributed by atoms with Crippen LogP contribution in [0.2, 0.25) is 0 Å². The van der Waals surface area contributed by atoms with Crippen LogP contribution in [0, 0.1) is 11.7 Å². The van der Waals surface area contributed by atoms with Gasteiger partial charge in [-0.05, 0) is 37.3 Å². The third-order valence-corrected chi connectivity index (χ3v) is 5.06. The number of likely N-dealkylation sites (N-methyl/N-ethyl adjacent to an activating group) is 1. The largest absolute Gasteiger partial charge is 0.497 e. The Morgan fingerprint density at radius 1 is 1.23 bits per heavy atom. The van der Waals surface area contributed by atoms with Gasteiger partial charge in [-0.3, -0.25) is 19.3 Å². The number of hydrogen-bond acceptors (Lipinski definition) is 5. The van der Waals surface area contributed by atoms with Gasteiger partial charge < -0.3 is 15.0 Å². The predicted molar refractivity (Wildman–Crippen MR) is 121 cm³/mol. The number of carbonyl (C=O) groups is 2. The molecule has 162 valence electrons. The Morgan fingerprint density at radius 2 is 2.00 bits per heavy atom. The number of aryl methyl sites for hydroxylation is 1. The Morgan fingerprint density at radius 3 is 2.74 bits per heavy atom. The van der Waals surface area contributed by atoms with E-state index < -0.39 is 0 Å². The van der Waals surface area contributed by atoms with Crippen molar-refractivity contribution >= 4 is 29.7 Å². The van der Waals surface area contributed by atoms with E-state index in [-0.39, 0.29) is 24.8 Å². The number of amides is 2. The van der Waals surface area contributed by atoms with E-state index in [0.717, 1.165) is 11.1 Å². The van der Waals surface area contributed by atoms with E-state index in [9.17, 15) is 9.59 Å². The van der Waals surface area contributed by atoms with Crippen molar-refractivity contribution in [2.75, 3.05) is 26.0 Å². The minimum atomic E-state index is -0.288. The van der Waals surface area contributed by atoms with E-state index >= 15 is 0 Å². The highest BCUT2D eigenvalue weighted by atomic mass is 32.1. The molecule has 3 aromatic rings. The van der Waals surface area contributed by atoms with Gasteiger partial charge in [-0.25, -0.2) is 0 Å². The Balaban J connectivity index is 1.59. The number of ether oxygens (including phenoxy) is 1. The molecule has 1 aromatic heterocycles. The average molecular weight is 440 g/mol. The van der Waals surface area contributed by atoms with Gasteiger partial charge in [0.15, 0.2) is 10.6 Å². The third-order valence-electron chi connectivity index (χ3n) is 4.74. The molecule has 31 heavy (non-hydrogen) atoms. The molecule has 0 aliphatic heterocycles. The average Bonchev–Trinajstić information content (AvgIpc) is 3.12. The van der Waals surface area contributed by atoms with Crippen molar-refractivity contribution in [1.29, 1.82) is 0 Å². The van der Waals surface area contributed by atoms with Gasteiger partial charge in [-0.1, -0.05) is 29.8 Å². The molecule has 0 bridgehead atoms. The fraction of sp³-hybridized carbons (Fsp3) is 0.273. The van der Waals surface area contributed by atoms with Crippen LogP contribution in [0.15, 0.2) is 48.5 Å². The van der Waals surface area contributed by atoms with E-state index in [1.807, 2.05) is 31.2 Å².